The second kappa shape index (κ2) is 9.22. The predicted octanol–water partition coefficient (Wildman–Crippen LogP) is 5.43. The Bertz CT molecular complexity index is 1780. The third-order valence-electron chi connectivity index (χ3n) is 6.52. The number of aryl methyl sites for hydroxylation is 2. The Hall–Kier alpha value is -3.86. The summed E-state index contributed by atoms with van der Waals surface area (Å²) in [6, 6.07) is 15.6. The van der Waals surface area contributed by atoms with Gasteiger partial charge in [-0.2, -0.15) is 0 Å². The average molecular weight is 528 g/mol. The lowest BCUT2D eigenvalue weighted by Crippen LogP contribution is -2.23. The summed E-state index contributed by atoms with van der Waals surface area (Å²) in [5.41, 5.74) is 5.05. The number of aromatic nitrogens is 6. The number of fused-ring (bicyclic) bond motifs is 1. The molecule has 0 aliphatic heterocycles. The van der Waals surface area contributed by atoms with Gasteiger partial charge in [-0.3, -0.25) is 9.98 Å². The van der Waals surface area contributed by atoms with Gasteiger partial charge in [0.1, 0.15) is 22.2 Å². The van der Waals surface area contributed by atoms with Gasteiger partial charge in [0.2, 0.25) is 5.62 Å². The van der Waals surface area contributed by atoms with Crippen LogP contribution in [-0.2, 0) is 20.6 Å². The van der Waals surface area contributed by atoms with Crippen LogP contribution in [0.15, 0.2) is 54.7 Å². The Morgan fingerprint density at radius 1 is 1.00 bits per heavy atom. The van der Waals surface area contributed by atoms with Gasteiger partial charge in [0.15, 0.2) is 11.5 Å². The molecule has 0 unspecified atom stereocenters. The van der Waals surface area contributed by atoms with E-state index in [-0.39, 0.29) is 0 Å². The zero-order chi connectivity index (χ0) is 25.7. The van der Waals surface area contributed by atoms with Gasteiger partial charge in [-0.05, 0) is 36.5 Å². The highest BCUT2D eigenvalue weighted by Crippen LogP contribution is 2.29. The van der Waals surface area contributed by atoms with Gasteiger partial charge in [-0.1, -0.05) is 65.5 Å². The van der Waals surface area contributed by atoms with Crippen molar-refractivity contribution >= 4 is 34.4 Å². The minimum atomic E-state index is 0.315. The van der Waals surface area contributed by atoms with Crippen molar-refractivity contribution in [1.82, 2.24) is 28.7 Å². The molecule has 1 N–H and O–H groups in total. The summed E-state index contributed by atoms with van der Waals surface area (Å²) in [5.74, 6) is 8.31. The fraction of sp³-hybridized carbons (Fsp3) is 0.214. The van der Waals surface area contributed by atoms with Crippen LogP contribution in [-0.4, -0.2) is 28.7 Å². The molecule has 1 aliphatic carbocycles. The lowest BCUT2D eigenvalue weighted by Gasteiger charge is -2.08. The fourth-order valence-corrected chi connectivity index (χ4v) is 4.81. The fourth-order valence-electron chi connectivity index (χ4n) is 4.37. The lowest BCUT2D eigenvalue weighted by atomic mass is 10.1. The summed E-state index contributed by atoms with van der Waals surface area (Å²) in [7, 11) is 3.77. The Kier molecular flexibility index (Phi) is 5.86. The largest absolute Gasteiger partial charge is 0.332 e. The van der Waals surface area contributed by atoms with Gasteiger partial charge in [-0.25, -0.2) is 15.0 Å². The maximum absolute atomic E-state index is 8.88. The molecule has 3 aromatic heterocycles. The van der Waals surface area contributed by atoms with Crippen molar-refractivity contribution in [2.75, 3.05) is 0 Å². The summed E-state index contributed by atoms with van der Waals surface area (Å²) in [6.45, 7) is 0.465. The van der Waals surface area contributed by atoms with E-state index in [0.29, 0.717) is 45.4 Å². The molecular weight excluding hydrogens is 505 g/mol. The standard InChI is InChI=1S/C28H23Cl2N7/c1-35-16-23(30)33-26(35)19-12-9-18(10-13-19)15-37-27-24(36(2)28(37)31)22(14-11-17-7-8-17)32-25(34-27)20-5-3-4-6-21(20)29/h3-6,9-10,12-13,16-17,31H,7-8,15H2,1-2H3. The highest BCUT2D eigenvalue weighted by molar-refractivity contribution is 6.33. The maximum Gasteiger partial charge on any atom is 0.204 e. The van der Waals surface area contributed by atoms with Crippen molar-refractivity contribution in [2.24, 2.45) is 20.0 Å². The van der Waals surface area contributed by atoms with E-state index in [0.717, 1.165) is 40.9 Å². The van der Waals surface area contributed by atoms with E-state index < -0.39 is 0 Å². The number of benzene rings is 2. The molecule has 9 heteroatoms. The van der Waals surface area contributed by atoms with Crippen LogP contribution < -0.4 is 5.62 Å². The molecule has 0 atom stereocenters. The van der Waals surface area contributed by atoms with Crippen LogP contribution in [0.3, 0.4) is 0 Å². The Labute approximate surface area is 223 Å². The van der Waals surface area contributed by atoms with Crippen molar-refractivity contribution in [1.29, 1.82) is 5.41 Å². The van der Waals surface area contributed by atoms with E-state index >= 15 is 0 Å². The molecule has 6 rings (SSSR count). The van der Waals surface area contributed by atoms with Gasteiger partial charge >= 0.3 is 0 Å². The van der Waals surface area contributed by atoms with E-state index in [2.05, 4.69) is 16.8 Å². The van der Waals surface area contributed by atoms with E-state index in [1.165, 1.54) is 0 Å². The number of hydrogen-bond donors (Lipinski definition) is 1. The molecule has 0 bridgehead atoms. The van der Waals surface area contributed by atoms with Crippen molar-refractivity contribution in [3.05, 3.63) is 81.8 Å². The predicted molar refractivity (Wildman–Crippen MR) is 145 cm³/mol. The first kappa shape index (κ1) is 23.5. The van der Waals surface area contributed by atoms with E-state index in [1.807, 2.05) is 71.8 Å². The number of nitrogens with one attached hydrogen (secondary N) is 1. The Morgan fingerprint density at radius 2 is 1.76 bits per heavy atom. The van der Waals surface area contributed by atoms with Crippen molar-refractivity contribution in [2.45, 2.75) is 19.4 Å². The second-order valence-electron chi connectivity index (χ2n) is 9.26. The number of imidazole rings is 2. The highest BCUT2D eigenvalue weighted by Gasteiger charge is 2.21. The molecule has 5 aromatic rings. The third kappa shape index (κ3) is 4.43. The molecule has 184 valence electrons. The van der Waals surface area contributed by atoms with E-state index in [9.17, 15) is 0 Å². The number of hydrogen-bond acceptors (Lipinski definition) is 4. The van der Waals surface area contributed by atoms with Gasteiger partial charge in [-0.15, -0.1) is 0 Å². The van der Waals surface area contributed by atoms with Crippen LogP contribution in [0, 0.1) is 23.2 Å². The SMILES string of the molecule is Cn1cc(Cl)nc1-c1ccc(Cn2c(=N)n(C)c3c(C#CC4CC4)nc(-c4ccccc4Cl)nc32)cc1. The number of rotatable bonds is 4. The molecule has 0 radical (unpaired) electrons. The molecule has 0 amide bonds. The second-order valence-corrected chi connectivity index (χ2v) is 10.0. The molecule has 0 saturated heterocycles. The highest BCUT2D eigenvalue weighted by atomic mass is 35.5. The summed E-state index contributed by atoms with van der Waals surface area (Å²) < 4.78 is 5.58. The van der Waals surface area contributed by atoms with Crippen molar-refractivity contribution in [3.63, 3.8) is 0 Å². The minimum Gasteiger partial charge on any atom is -0.332 e. The van der Waals surface area contributed by atoms with Gasteiger partial charge in [0.05, 0.1) is 11.6 Å². The van der Waals surface area contributed by atoms with E-state index in [1.54, 1.807) is 10.8 Å². The molecule has 1 saturated carbocycles. The van der Waals surface area contributed by atoms with Gasteiger partial charge in [0.25, 0.3) is 0 Å². The third-order valence-corrected chi connectivity index (χ3v) is 7.03. The van der Waals surface area contributed by atoms with Gasteiger partial charge in [0, 0.05) is 37.3 Å². The minimum absolute atomic E-state index is 0.315. The average Bonchev–Trinajstić information content (AvgIpc) is 3.62. The zero-order valence-electron chi connectivity index (χ0n) is 20.3. The molecule has 3 heterocycles. The zero-order valence-corrected chi connectivity index (χ0v) is 21.8. The molecule has 2 aromatic carbocycles. The van der Waals surface area contributed by atoms with Crippen molar-refractivity contribution < 1.29 is 0 Å². The van der Waals surface area contributed by atoms with E-state index in [4.69, 9.17) is 38.6 Å². The first-order valence-corrected chi connectivity index (χ1v) is 12.7. The summed E-state index contributed by atoms with van der Waals surface area (Å²) >= 11 is 12.6. The van der Waals surface area contributed by atoms with Crippen LogP contribution >= 0.6 is 23.2 Å². The molecule has 1 aliphatic rings. The molecular formula is C28H23Cl2N7. The van der Waals surface area contributed by atoms with Gasteiger partial charge < -0.3 is 9.13 Å². The van der Waals surface area contributed by atoms with Crippen LogP contribution in [0.25, 0.3) is 33.9 Å². The summed E-state index contributed by atoms with van der Waals surface area (Å²) in [4.78, 5) is 14.1. The van der Waals surface area contributed by atoms with Crippen LogP contribution in [0.5, 0.6) is 0 Å². The van der Waals surface area contributed by atoms with Crippen LogP contribution in [0.4, 0.5) is 0 Å². The topological polar surface area (TPSA) is 77.3 Å². The lowest BCUT2D eigenvalue weighted by molar-refractivity contribution is 0.691. The molecule has 37 heavy (non-hydrogen) atoms. The summed E-state index contributed by atoms with van der Waals surface area (Å²) in [6.07, 6.45) is 4.02. The first-order valence-electron chi connectivity index (χ1n) is 12.0. The molecule has 1 fully saturated rings. The molecule has 0 spiro atoms. The Morgan fingerprint density at radius 3 is 2.43 bits per heavy atom. The quantitative estimate of drug-likeness (QED) is 0.316. The maximum atomic E-state index is 8.88. The van der Waals surface area contributed by atoms with Crippen molar-refractivity contribution in [3.8, 4) is 34.6 Å². The normalized spacial score (nSPS) is 13.1. The monoisotopic (exact) mass is 527 g/mol. The summed E-state index contributed by atoms with van der Waals surface area (Å²) in [5, 5.41) is 9.91. The smallest absolute Gasteiger partial charge is 0.204 e. The van der Waals surface area contributed by atoms with Crippen LogP contribution in [0.1, 0.15) is 24.1 Å². The number of nitrogens with zero attached hydrogens (tertiary/aromatic N) is 6. The molecule has 7 nitrogen and oxygen atoms in total. The first-order chi connectivity index (χ1) is 17.9. The number of halogens is 2. The van der Waals surface area contributed by atoms with Crippen LogP contribution in [0.2, 0.25) is 10.2 Å². The Balaban J connectivity index is 1.47.